The smallest absolute Gasteiger partial charge is 0.233 e. The summed E-state index contributed by atoms with van der Waals surface area (Å²) in [5.74, 6) is -2.30. The van der Waals surface area contributed by atoms with Gasteiger partial charge in [0.25, 0.3) is 0 Å². The second kappa shape index (κ2) is 6.48. The predicted octanol–water partition coefficient (Wildman–Crippen LogP) is 3.86. The zero-order valence-corrected chi connectivity index (χ0v) is 13.0. The number of benzene rings is 1. The Morgan fingerprint density at radius 1 is 1.14 bits per heavy atom. The van der Waals surface area contributed by atoms with E-state index in [4.69, 9.17) is 15.4 Å². The molecular weight excluding hydrogens is 322 g/mol. The highest BCUT2D eigenvalue weighted by Gasteiger charge is 2.37. The molecule has 1 saturated carbocycles. The van der Waals surface area contributed by atoms with Crippen LogP contribution in [0.2, 0.25) is 0 Å². The van der Waals surface area contributed by atoms with Crippen LogP contribution in [0.1, 0.15) is 32.1 Å². The monoisotopic (exact) mass is 338 g/mol. The molecule has 0 amide bonds. The van der Waals surface area contributed by atoms with Gasteiger partial charge in [-0.05, 0) is 25.0 Å². The van der Waals surface area contributed by atoms with E-state index in [0.717, 1.165) is 31.4 Å². The first-order valence-corrected chi connectivity index (χ1v) is 9.28. The lowest BCUT2D eigenvalue weighted by molar-refractivity contribution is 0.112. The Balaban J connectivity index is 2.16. The molecule has 118 valence electrons. The third kappa shape index (κ3) is 4.54. The van der Waals surface area contributed by atoms with Crippen molar-refractivity contribution >= 4 is 19.7 Å². The molecule has 0 aliphatic heterocycles. The molecule has 0 heterocycles. The molecule has 0 N–H and O–H groups in total. The summed E-state index contributed by atoms with van der Waals surface area (Å²) >= 11 is 0. The van der Waals surface area contributed by atoms with E-state index in [2.05, 4.69) is 0 Å². The Kier molecular flexibility index (Phi) is 5.09. The Labute approximate surface area is 127 Å². The lowest BCUT2D eigenvalue weighted by atomic mass is 9.76. The predicted molar refractivity (Wildman–Crippen MR) is 77.0 cm³/mol. The zero-order chi connectivity index (χ0) is 15.5. The summed E-state index contributed by atoms with van der Waals surface area (Å²) in [5.41, 5.74) is -0.673. The van der Waals surface area contributed by atoms with Gasteiger partial charge < -0.3 is 4.74 Å². The van der Waals surface area contributed by atoms with Crippen LogP contribution >= 0.6 is 10.7 Å². The van der Waals surface area contributed by atoms with Crippen molar-refractivity contribution in [1.82, 2.24) is 0 Å². The first-order valence-electron chi connectivity index (χ1n) is 6.81. The Bertz CT molecular complexity index is 578. The SMILES string of the molecule is O=S(=O)(Cl)CC1(COc2c(F)cccc2F)CCCCC1. The quantitative estimate of drug-likeness (QED) is 0.766. The largest absolute Gasteiger partial charge is 0.487 e. The fourth-order valence-corrected chi connectivity index (χ4v) is 4.64. The minimum absolute atomic E-state index is 0.0587. The number of hydrogen-bond acceptors (Lipinski definition) is 3. The summed E-state index contributed by atoms with van der Waals surface area (Å²) in [6.07, 6.45) is 3.97. The van der Waals surface area contributed by atoms with Crippen LogP contribution in [0.15, 0.2) is 18.2 Å². The van der Waals surface area contributed by atoms with Crippen molar-refractivity contribution in [3.05, 3.63) is 29.8 Å². The number of ether oxygens (including phenoxy) is 1. The molecule has 1 aromatic rings. The Morgan fingerprint density at radius 3 is 2.24 bits per heavy atom. The molecular formula is C14H17ClF2O3S. The number of hydrogen-bond donors (Lipinski definition) is 0. The number of halogens is 3. The van der Waals surface area contributed by atoms with Gasteiger partial charge in [-0.2, -0.15) is 0 Å². The minimum atomic E-state index is -3.70. The van der Waals surface area contributed by atoms with Crippen molar-refractivity contribution < 1.29 is 21.9 Å². The molecule has 21 heavy (non-hydrogen) atoms. The van der Waals surface area contributed by atoms with Crippen LogP contribution in [-0.2, 0) is 9.05 Å². The van der Waals surface area contributed by atoms with Gasteiger partial charge in [0.1, 0.15) is 0 Å². The van der Waals surface area contributed by atoms with Gasteiger partial charge in [-0.25, -0.2) is 17.2 Å². The highest BCUT2D eigenvalue weighted by molar-refractivity contribution is 8.13. The van der Waals surface area contributed by atoms with Crippen LogP contribution in [0, 0.1) is 17.0 Å². The van der Waals surface area contributed by atoms with Crippen molar-refractivity contribution in [2.24, 2.45) is 5.41 Å². The Hall–Kier alpha value is -0.880. The average molecular weight is 339 g/mol. The molecule has 0 bridgehead atoms. The highest BCUT2D eigenvalue weighted by atomic mass is 35.7. The van der Waals surface area contributed by atoms with Crippen molar-refractivity contribution in [2.75, 3.05) is 12.4 Å². The Morgan fingerprint density at radius 2 is 1.71 bits per heavy atom. The molecule has 0 saturated heterocycles. The molecule has 1 aliphatic carbocycles. The summed E-state index contributed by atoms with van der Waals surface area (Å²) in [4.78, 5) is 0. The topological polar surface area (TPSA) is 43.4 Å². The summed E-state index contributed by atoms with van der Waals surface area (Å²) < 4.78 is 55.2. The van der Waals surface area contributed by atoms with Gasteiger partial charge in [0.2, 0.25) is 9.05 Å². The molecule has 3 nitrogen and oxygen atoms in total. The van der Waals surface area contributed by atoms with Gasteiger partial charge in [-0.1, -0.05) is 25.3 Å². The van der Waals surface area contributed by atoms with Crippen LogP contribution in [0.3, 0.4) is 0 Å². The normalized spacial score (nSPS) is 18.4. The second-order valence-corrected chi connectivity index (χ2v) is 8.36. The maximum atomic E-state index is 13.6. The van der Waals surface area contributed by atoms with Crippen molar-refractivity contribution in [2.45, 2.75) is 32.1 Å². The molecule has 0 unspecified atom stereocenters. The van der Waals surface area contributed by atoms with E-state index in [9.17, 15) is 17.2 Å². The third-order valence-electron chi connectivity index (χ3n) is 3.83. The van der Waals surface area contributed by atoms with Crippen LogP contribution < -0.4 is 4.74 Å². The van der Waals surface area contributed by atoms with Gasteiger partial charge in [0, 0.05) is 16.1 Å². The van der Waals surface area contributed by atoms with Crippen molar-refractivity contribution in [1.29, 1.82) is 0 Å². The highest BCUT2D eigenvalue weighted by Crippen LogP contribution is 2.39. The van der Waals surface area contributed by atoms with E-state index in [1.807, 2.05) is 0 Å². The van der Waals surface area contributed by atoms with Gasteiger partial charge in [0.15, 0.2) is 17.4 Å². The van der Waals surface area contributed by atoms with Crippen molar-refractivity contribution in [3.8, 4) is 5.75 Å². The van der Waals surface area contributed by atoms with E-state index < -0.39 is 31.8 Å². The van der Waals surface area contributed by atoms with E-state index in [-0.39, 0.29) is 12.4 Å². The summed E-state index contributed by atoms with van der Waals surface area (Å²) in [6, 6.07) is 3.45. The minimum Gasteiger partial charge on any atom is -0.487 e. The van der Waals surface area contributed by atoms with Crippen LogP contribution in [0.4, 0.5) is 8.78 Å². The molecule has 1 aliphatic rings. The lowest BCUT2D eigenvalue weighted by Gasteiger charge is -2.35. The number of para-hydroxylation sites is 1. The van der Waals surface area contributed by atoms with Crippen molar-refractivity contribution in [3.63, 3.8) is 0 Å². The van der Waals surface area contributed by atoms with Gasteiger partial charge >= 0.3 is 0 Å². The van der Waals surface area contributed by atoms with Crippen LogP contribution in [0.5, 0.6) is 5.75 Å². The molecule has 0 atom stereocenters. The summed E-state index contributed by atoms with van der Waals surface area (Å²) in [5, 5.41) is 0. The maximum Gasteiger partial charge on any atom is 0.233 e. The zero-order valence-electron chi connectivity index (χ0n) is 11.4. The molecule has 1 fully saturated rings. The first kappa shape index (κ1) is 16.5. The molecule has 7 heteroatoms. The van der Waals surface area contributed by atoms with Crippen LogP contribution in [0.25, 0.3) is 0 Å². The molecule has 0 radical (unpaired) electrons. The van der Waals surface area contributed by atoms with Gasteiger partial charge in [-0.3, -0.25) is 0 Å². The maximum absolute atomic E-state index is 13.6. The fourth-order valence-electron chi connectivity index (χ4n) is 2.84. The number of rotatable bonds is 5. The second-order valence-electron chi connectivity index (χ2n) is 5.58. The van der Waals surface area contributed by atoms with E-state index in [0.29, 0.717) is 12.8 Å². The van der Waals surface area contributed by atoms with Crippen LogP contribution in [-0.4, -0.2) is 20.8 Å². The third-order valence-corrected chi connectivity index (χ3v) is 5.12. The van der Waals surface area contributed by atoms with Gasteiger partial charge in [-0.15, -0.1) is 0 Å². The molecule has 0 aromatic heterocycles. The van der Waals surface area contributed by atoms with Gasteiger partial charge in [0.05, 0.1) is 12.4 Å². The van der Waals surface area contributed by atoms with E-state index >= 15 is 0 Å². The molecule has 1 aromatic carbocycles. The summed E-state index contributed by atoms with van der Waals surface area (Å²) in [6.45, 7) is -0.0587. The first-order chi connectivity index (χ1) is 9.81. The summed E-state index contributed by atoms with van der Waals surface area (Å²) in [7, 11) is 1.67. The fraction of sp³-hybridized carbons (Fsp3) is 0.571. The standard InChI is InChI=1S/C14H17ClF2O3S/c15-21(18,19)10-14(7-2-1-3-8-14)9-20-13-11(16)5-4-6-12(13)17/h4-6H,1-3,7-10H2. The lowest BCUT2D eigenvalue weighted by Crippen LogP contribution is -2.37. The average Bonchev–Trinajstić information content (AvgIpc) is 2.37. The molecule has 2 rings (SSSR count). The van der Waals surface area contributed by atoms with E-state index in [1.54, 1.807) is 0 Å². The molecule has 0 spiro atoms. The van der Waals surface area contributed by atoms with E-state index in [1.165, 1.54) is 6.07 Å².